The minimum atomic E-state index is 0.0602. The van der Waals surface area contributed by atoms with Crippen LogP contribution in [0.25, 0.3) is 0 Å². The summed E-state index contributed by atoms with van der Waals surface area (Å²) in [5.74, 6) is 1.04. The lowest BCUT2D eigenvalue weighted by molar-refractivity contribution is -0.132. The second-order valence-corrected chi connectivity index (χ2v) is 7.54. The molecule has 6 heteroatoms. The normalized spacial score (nSPS) is 13.7. The van der Waals surface area contributed by atoms with E-state index in [1.807, 2.05) is 56.3 Å². The molecule has 1 fully saturated rings. The molecule has 150 valence electrons. The largest absolute Gasteiger partial charge is 0.467 e. The highest BCUT2D eigenvalue weighted by molar-refractivity contribution is 5.93. The van der Waals surface area contributed by atoms with Gasteiger partial charge in [0.1, 0.15) is 5.76 Å². The number of rotatable bonds is 8. The summed E-state index contributed by atoms with van der Waals surface area (Å²) in [4.78, 5) is 28.7. The van der Waals surface area contributed by atoms with Crippen molar-refractivity contribution in [3.63, 3.8) is 0 Å². The first-order chi connectivity index (χ1) is 13.5. The van der Waals surface area contributed by atoms with E-state index in [4.69, 9.17) is 4.42 Å². The van der Waals surface area contributed by atoms with E-state index in [2.05, 4.69) is 5.32 Å². The number of carbonyl (C=O) groups is 2. The molecule has 0 spiro atoms. The Kier molecular flexibility index (Phi) is 6.39. The van der Waals surface area contributed by atoms with Gasteiger partial charge in [-0.3, -0.25) is 9.59 Å². The SMILES string of the molecule is CCC(=O)N(Cc1ccco1)Cc1cc(NC(=O)C2CCC2)ccc1N(C)C. The fourth-order valence-corrected chi connectivity index (χ4v) is 3.39. The van der Waals surface area contributed by atoms with Gasteiger partial charge in [-0.15, -0.1) is 0 Å². The molecule has 1 saturated carbocycles. The molecule has 1 aliphatic carbocycles. The van der Waals surface area contributed by atoms with Crippen molar-refractivity contribution in [3.05, 3.63) is 47.9 Å². The monoisotopic (exact) mass is 383 g/mol. The number of benzene rings is 1. The molecule has 0 unspecified atom stereocenters. The number of carbonyl (C=O) groups excluding carboxylic acids is 2. The summed E-state index contributed by atoms with van der Waals surface area (Å²) in [6.07, 6.45) is 5.11. The van der Waals surface area contributed by atoms with Gasteiger partial charge in [0.05, 0.1) is 12.8 Å². The minimum Gasteiger partial charge on any atom is -0.467 e. The zero-order valence-electron chi connectivity index (χ0n) is 16.9. The lowest BCUT2D eigenvalue weighted by atomic mass is 9.85. The molecule has 0 radical (unpaired) electrons. The van der Waals surface area contributed by atoms with Gasteiger partial charge in [-0.1, -0.05) is 13.3 Å². The fraction of sp³-hybridized carbons (Fsp3) is 0.455. The van der Waals surface area contributed by atoms with Gasteiger partial charge in [-0.2, -0.15) is 0 Å². The van der Waals surface area contributed by atoms with Gasteiger partial charge in [0.25, 0.3) is 0 Å². The van der Waals surface area contributed by atoms with Crippen LogP contribution in [0.3, 0.4) is 0 Å². The van der Waals surface area contributed by atoms with Gasteiger partial charge < -0.3 is 19.5 Å². The van der Waals surface area contributed by atoms with Gasteiger partial charge in [0.15, 0.2) is 0 Å². The third kappa shape index (κ3) is 4.74. The van der Waals surface area contributed by atoms with Crippen LogP contribution in [-0.2, 0) is 22.7 Å². The van der Waals surface area contributed by atoms with Crippen molar-refractivity contribution < 1.29 is 14.0 Å². The van der Waals surface area contributed by atoms with E-state index in [0.717, 1.165) is 42.0 Å². The first-order valence-corrected chi connectivity index (χ1v) is 9.89. The molecular weight excluding hydrogens is 354 g/mol. The quantitative estimate of drug-likeness (QED) is 0.748. The number of furan rings is 1. The van der Waals surface area contributed by atoms with Crippen LogP contribution >= 0.6 is 0 Å². The van der Waals surface area contributed by atoms with E-state index in [9.17, 15) is 9.59 Å². The Labute approximate surface area is 166 Å². The van der Waals surface area contributed by atoms with Crippen LogP contribution in [0.1, 0.15) is 43.9 Å². The van der Waals surface area contributed by atoms with Crippen LogP contribution < -0.4 is 10.2 Å². The van der Waals surface area contributed by atoms with Crippen molar-refractivity contribution in [1.82, 2.24) is 4.90 Å². The van der Waals surface area contributed by atoms with Gasteiger partial charge >= 0.3 is 0 Å². The maximum absolute atomic E-state index is 12.5. The van der Waals surface area contributed by atoms with Crippen molar-refractivity contribution in [2.24, 2.45) is 5.92 Å². The summed E-state index contributed by atoms with van der Waals surface area (Å²) in [6, 6.07) is 9.59. The Morgan fingerprint density at radius 2 is 1.96 bits per heavy atom. The van der Waals surface area contributed by atoms with E-state index in [-0.39, 0.29) is 17.7 Å². The smallest absolute Gasteiger partial charge is 0.227 e. The second-order valence-electron chi connectivity index (χ2n) is 7.54. The van der Waals surface area contributed by atoms with E-state index >= 15 is 0 Å². The molecule has 6 nitrogen and oxygen atoms in total. The van der Waals surface area contributed by atoms with Gasteiger partial charge in [-0.25, -0.2) is 0 Å². The molecule has 1 aromatic heterocycles. The lowest BCUT2D eigenvalue weighted by Crippen LogP contribution is -2.30. The van der Waals surface area contributed by atoms with Crippen LogP contribution in [0.5, 0.6) is 0 Å². The van der Waals surface area contributed by atoms with Gasteiger partial charge in [0, 0.05) is 44.4 Å². The fourth-order valence-electron chi connectivity index (χ4n) is 3.39. The van der Waals surface area contributed by atoms with Crippen LogP contribution in [0.2, 0.25) is 0 Å². The van der Waals surface area contributed by atoms with Crippen LogP contribution in [-0.4, -0.2) is 30.8 Å². The van der Waals surface area contributed by atoms with E-state index < -0.39 is 0 Å². The first kappa shape index (κ1) is 20.0. The summed E-state index contributed by atoms with van der Waals surface area (Å²) in [5, 5.41) is 3.03. The number of hydrogen-bond acceptors (Lipinski definition) is 4. The van der Waals surface area contributed by atoms with Crippen molar-refractivity contribution in [3.8, 4) is 0 Å². The lowest BCUT2D eigenvalue weighted by Gasteiger charge is -2.27. The Balaban J connectivity index is 1.82. The van der Waals surface area contributed by atoms with Crippen LogP contribution in [0.15, 0.2) is 41.0 Å². The number of hydrogen-bond donors (Lipinski definition) is 1. The van der Waals surface area contributed by atoms with Crippen molar-refractivity contribution in [1.29, 1.82) is 0 Å². The van der Waals surface area contributed by atoms with E-state index in [0.29, 0.717) is 19.5 Å². The maximum Gasteiger partial charge on any atom is 0.227 e. The molecule has 1 N–H and O–H groups in total. The molecule has 0 atom stereocenters. The highest BCUT2D eigenvalue weighted by Crippen LogP contribution is 2.29. The molecule has 1 aliphatic rings. The summed E-state index contributed by atoms with van der Waals surface area (Å²) in [5.41, 5.74) is 2.79. The highest BCUT2D eigenvalue weighted by atomic mass is 16.3. The molecule has 0 saturated heterocycles. The molecular formula is C22H29N3O3. The topological polar surface area (TPSA) is 65.8 Å². The minimum absolute atomic E-state index is 0.0602. The van der Waals surface area contributed by atoms with Gasteiger partial charge in [0.2, 0.25) is 11.8 Å². The average Bonchev–Trinajstić information content (AvgIpc) is 3.12. The second kappa shape index (κ2) is 8.95. The van der Waals surface area contributed by atoms with Crippen LogP contribution in [0.4, 0.5) is 11.4 Å². The number of nitrogens with one attached hydrogen (secondary N) is 1. The molecule has 28 heavy (non-hydrogen) atoms. The highest BCUT2D eigenvalue weighted by Gasteiger charge is 2.25. The van der Waals surface area contributed by atoms with Crippen LogP contribution in [0, 0.1) is 5.92 Å². The van der Waals surface area contributed by atoms with E-state index in [1.54, 1.807) is 11.2 Å². The maximum atomic E-state index is 12.5. The number of anilines is 2. The zero-order chi connectivity index (χ0) is 20.1. The van der Waals surface area contributed by atoms with Crippen molar-refractivity contribution >= 4 is 23.2 Å². The summed E-state index contributed by atoms with van der Waals surface area (Å²) in [7, 11) is 3.95. The standard InChI is InChI=1S/C22H29N3O3/c1-4-21(26)25(15-19-9-6-12-28-19)14-17-13-18(10-11-20(17)24(2)3)23-22(27)16-7-5-8-16/h6,9-13,16H,4-5,7-8,14-15H2,1-3H3,(H,23,27). The summed E-state index contributed by atoms with van der Waals surface area (Å²) >= 11 is 0. The molecule has 0 bridgehead atoms. The molecule has 1 aromatic carbocycles. The van der Waals surface area contributed by atoms with Crippen molar-refractivity contribution in [2.45, 2.75) is 45.7 Å². The average molecular weight is 383 g/mol. The van der Waals surface area contributed by atoms with E-state index in [1.165, 1.54) is 0 Å². The molecule has 2 aromatic rings. The zero-order valence-corrected chi connectivity index (χ0v) is 16.9. The third-order valence-corrected chi connectivity index (χ3v) is 5.25. The Bertz CT molecular complexity index is 810. The summed E-state index contributed by atoms with van der Waals surface area (Å²) in [6.45, 7) is 2.73. The summed E-state index contributed by atoms with van der Waals surface area (Å²) < 4.78 is 5.43. The number of amides is 2. The Morgan fingerprint density at radius 1 is 1.18 bits per heavy atom. The molecule has 2 amide bonds. The molecule has 3 rings (SSSR count). The Morgan fingerprint density at radius 3 is 2.54 bits per heavy atom. The predicted molar refractivity (Wildman–Crippen MR) is 110 cm³/mol. The predicted octanol–water partition coefficient (Wildman–Crippen LogP) is 4.02. The van der Waals surface area contributed by atoms with Gasteiger partial charge in [-0.05, 0) is 48.7 Å². The van der Waals surface area contributed by atoms with Crippen molar-refractivity contribution in [2.75, 3.05) is 24.3 Å². The first-order valence-electron chi connectivity index (χ1n) is 9.89. The molecule has 1 heterocycles. The molecule has 0 aliphatic heterocycles. The Hall–Kier alpha value is -2.76. The third-order valence-electron chi connectivity index (χ3n) is 5.25. The number of nitrogens with zero attached hydrogens (tertiary/aromatic N) is 2.